The van der Waals surface area contributed by atoms with E-state index in [1.807, 2.05) is 0 Å². The van der Waals surface area contributed by atoms with Gasteiger partial charge in [-0.15, -0.1) is 0 Å². The maximum absolute atomic E-state index is 10.8. The molecular formula is C10H10ClNO3. The molecule has 1 aromatic heterocycles. The summed E-state index contributed by atoms with van der Waals surface area (Å²) in [6, 6.07) is 3.41. The van der Waals surface area contributed by atoms with Gasteiger partial charge < -0.3 is 10.2 Å². The van der Waals surface area contributed by atoms with Crippen LogP contribution in [0.25, 0.3) is 0 Å². The van der Waals surface area contributed by atoms with Crippen molar-refractivity contribution in [2.24, 2.45) is 0 Å². The van der Waals surface area contributed by atoms with Gasteiger partial charge in [0.15, 0.2) is 6.10 Å². The lowest BCUT2D eigenvalue weighted by atomic mass is 9.91. The Labute approximate surface area is 91.5 Å². The summed E-state index contributed by atoms with van der Waals surface area (Å²) in [6.07, 6.45) is 1.39. The molecule has 1 atom stereocenters. The van der Waals surface area contributed by atoms with E-state index in [2.05, 4.69) is 4.98 Å². The van der Waals surface area contributed by atoms with Crippen LogP contribution < -0.4 is 0 Å². The van der Waals surface area contributed by atoms with E-state index in [0.717, 1.165) is 0 Å². The molecule has 0 amide bonds. The van der Waals surface area contributed by atoms with Crippen LogP contribution in [0.1, 0.15) is 18.4 Å². The van der Waals surface area contributed by atoms with Crippen molar-refractivity contribution in [2.45, 2.75) is 24.4 Å². The topological polar surface area (TPSA) is 70.4 Å². The number of aliphatic carboxylic acids is 1. The molecule has 1 aliphatic rings. The largest absolute Gasteiger partial charge is 0.479 e. The first kappa shape index (κ1) is 10.4. The van der Waals surface area contributed by atoms with Gasteiger partial charge in [0.1, 0.15) is 5.15 Å². The van der Waals surface area contributed by atoms with Crippen molar-refractivity contribution in [3.63, 3.8) is 0 Å². The van der Waals surface area contributed by atoms with Gasteiger partial charge in [-0.25, -0.2) is 9.78 Å². The van der Waals surface area contributed by atoms with Crippen LogP contribution >= 0.6 is 11.6 Å². The van der Waals surface area contributed by atoms with Crippen LogP contribution in [0.15, 0.2) is 18.3 Å². The van der Waals surface area contributed by atoms with Gasteiger partial charge in [0, 0.05) is 11.6 Å². The second-order valence-corrected chi connectivity index (χ2v) is 4.10. The van der Waals surface area contributed by atoms with Crippen LogP contribution in [0.4, 0.5) is 0 Å². The molecule has 0 radical (unpaired) electrons. The van der Waals surface area contributed by atoms with Crippen LogP contribution in [0.3, 0.4) is 0 Å². The normalized spacial score (nSPS) is 19.6. The fourth-order valence-electron chi connectivity index (χ4n) is 1.82. The van der Waals surface area contributed by atoms with Crippen molar-refractivity contribution in [1.29, 1.82) is 0 Å². The zero-order valence-corrected chi connectivity index (χ0v) is 8.61. The number of hydrogen-bond donors (Lipinski definition) is 2. The molecule has 1 fully saturated rings. The molecule has 4 nitrogen and oxygen atoms in total. The number of hydrogen-bond acceptors (Lipinski definition) is 3. The van der Waals surface area contributed by atoms with Crippen molar-refractivity contribution >= 4 is 17.6 Å². The Morgan fingerprint density at radius 2 is 2.27 bits per heavy atom. The minimum atomic E-state index is -1.40. The average Bonchev–Trinajstić information content (AvgIpc) is 2.98. The number of carbonyl (C=O) groups is 1. The molecule has 0 aromatic carbocycles. The third kappa shape index (κ3) is 1.60. The van der Waals surface area contributed by atoms with Crippen molar-refractivity contribution < 1.29 is 15.0 Å². The summed E-state index contributed by atoms with van der Waals surface area (Å²) >= 11 is 5.88. The maximum atomic E-state index is 10.8. The summed E-state index contributed by atoms with van der Waals surface area (Å²) in [7, 11) is 0. The van der Waals surface area contributed by atoms with Crippen molar-refractivity contribution in [3.8, 4) is 0 Å². The van der Waals surface area contributed by atoms with E-state index < -0.39 is 17.5 Å². The molecular weight excluding hydrogens is 218 g/mol. The van der Waals surface area contributed by atoms with Gasteiger partial charge in [-0.1, -0.05) is 17.7 Å². The predicted molar refractivity (Wildman–Crippen MR) is 53.8 cm³/mol. The summed E-state index contributed by atoms with van der Waals surface area (Å²) in [5, 5.41) is 18.7. The van der Waals surface area contributed by atoms with Gasteiger partial charge in [0.2, 0.25) is 0 Å². The first-order valence-electron chi connectivity index (χ1n) is 4.60. The molecule has 0 aliphatic heterocycles. The highest BCUT2D eigenvalue weighted by Gasteiger charge is 2.54. The van der Waals surface area contributed by atoms with Crippen LogP contribution in [0, 0.1) is 0 Å². The molecule has 1 heterocycles. The van der Waals surface area contributed by atoms with Crippen molar-refractivity contribution in [1.82, 2.24) is 4.98 Å². The number of aromatic nitrogens is 1. The summed E-state index contributed by atoms with van der Waals surface area (Å²) in [5.74, 6) is -1.22. The van der Waals surface area contributed by atoms with Gasteiger partial charge in [-0.3, -0.25) is 0 Å². The molecule has 0 spiro atoms. The lowest BCUT2D eigenvalue weighted by molar-refractivity contribution is -0.148. The smallest absolute Gasteiger partial charge is 0.333 e. The summed E-state index contributed by atoms with van der Waals surface area (Å²) in [4.78, 5) is 14.6. The van der Waals surface area contributed by atoms with E-state index >= 15 is 0 Å². The summed E-state index contributed by atoms with van der Waals surface area (Å²) in [5.41, 5.74) is -0.0986. The van der Waals surface area contributed by atoms with E-state index in [4.69, 9.17) is 16.7 Å². The van der Waals surface area contributed by atoms with Gasteiger partial charge >= 0.3 is 5.97 Å². The van der Waals surface area contributed by atoms with Gasteiger partial charge in [-0.2, -0.15) is 0 Å². The standard InChI is InChI=1S/C10H10ClNO3/c11-8-6(2-1-5-12-8)10(3-4-10)7(13)9(14)15/h1-2,5,7,13H,3-4H2,(H,14,15). The monoisotopic (exact) mass is 227 g/mol. The zero-order valence-electron chi connectivity index (χ0n) is 7.85. The molecule has 0 saturated heterocycles. The molecule has 0 bridgehead atoms. The van der Waals surface area contributed by atoms with Gasteiger partial charge in [0.05, 0.1) is 0 Å². The number of aliphatic hydroxyl groups is 1. The van der Waals surface area contributed by atoms with Crippen molar-refractivity contribution in [2.75, 3.05) is 0 Å². The Hall–Kier alpha value is -1.13. The Morgan fingerprint density at radius 1 is 1.60 bits per heavy atom. The number of pyridine rings is 1. The number of halogens is 1. The summed E-state index contributed by atoms with van der Waals surface area (Å²) in [6.45, 7) is 0. The second-order valence-electron chi connectivity index (χ2n) is 3.74. The number of nitrogens with zero attached hydrogens (tertiary/aromatic N) is 1. The Balaban J connectivity index is 2.39. The molecule has 80 valence electrons. The number of carboxylic acid groups (broad SMARTS) is 1. The minimum Gasteiger partial charge on any atom is -0.479 e. The fraction of sp³-hybridized carbons (Fsp3) is 0.400. The van der Waals surface area contributed by atoms with Crippen molar-refractivity contribution in [3.05, 3.63) is 29.0 Å². The molecule has 15 heavy (non-hydrogen) atoms. The second kappa shape index (κ2) is 3.47. The highest BCUT2D eigenvalue weighted by atomic mass is 35.5. The number of aliphatic hydroxyl groups excluding tert-OH is 1. The molecule has 1 aliphatic carbocycles. The third-order valence-electron chi connectivity index (χ3n) is 2.84. The van der Waals surface area contributed by atoms with Gasteiger partial charge in [-0.05, 0) is 24.5 Å². The molecule has 1 saturated carbocycles. The first-order chi connectivity index (χ1) is 7.08. The SMILES string of the molecule is O=C(O)C(O)C1(c2cccnc2Cl)CC1. The molecule has 2 N–H and O–H groups in total. The lowest BCUT2D eigenvalue weighted by Gasteiger charge is -2.19. The van der Waals surface area contributed by atoms with Crippen LogP contribution in [0.5, 0.6) is 0 Å². The molecule has 1 unspecified atom stereocenters. The van der Waals surface area contributed by atoms with E-state index in [1.54, 1.807) is 12.1 Å². The van der Waals surface area contributed by atoms with Crippen LogP contribution in [0.2, 0.25) is 5.15 Å². The van der Waals surface area contributed by atoms with E-state index in [0.29, 0.717) is 18.4 Å². The van der Waals surface area contributed by atoms with E-state index in [-0.39, 0.29) is 5.15 Å². The molecule has 1 aromatic rings. The van der Waals surface area contributed by atoms with E-state index in [9.17, 15) is 9.90 Å². The highest BCUT2D eigenvalue weighted by molar-refractivity contribution is 6.30. The minimum absolute atomic E-state index is 0.273. The molecule has 5 heteroatoms. The quantitative estimate of drug-likeness (QED) is 0.762. The highest BCUT2D eigenvalue weighted by Crippen LogP contribution is 2.52. The van der Waals surface area contributed by atoms with E-state index in [1.165, 1.54) is 6.20 Å². The third-order valence-corrected chi connectivity index (χ3v) is 3.14. The summed E-state index contributed by atoms with van der Waals surface area (Å²) < 4.78 is 0. The Kier molecular flexibility index (Phi) is 2.40. The fourth-order valence-corrected chi connectivity index (χ4v) is 2.13. The van der Waals surface area contributed by atoms with Gasteiger partial charge in [0.25, 0.3) is 0 Å². The van der Waals surface area contributed by atoms with Crippen LogP contribution in [-0.2, 0) is 10.2 Å². The maximum Gasteiger partial charge on any atom is 0.333 e. The Morgan fingerprint density at radius 3 is 2.73 bits per heavy atom. The van der Waals surface area contributed by atoms with Crippen LogP contribution in [-0.4, -0.2) is 27.3 Å². The lowest BCUT2D eigenvalue weighted by Crippen LogP contribution is -2.34. The predicted octanol–water partition coefficient (Wildman–Crippen LogP) is 1.21. The Bertz CT molecular complexity index is 403. The molecule has 2 rings (SSSR count). The number of rotatable bonds is 3. The first-order valence-corrected chi connectivity index (χ1v) is 4.97. The average molecular weight is 228 g/mol. The number of carboxylic acids is 1. The zero-order chi connectivity index (χ0) is 11.1.